The summed E-state index contributed by atoms with van der Waals surface area (Å²) < 4.78 is 24.0. The van der Waals surface area contributed by atoms with Gasteiger partial charge in [-0.15, -0.1) is 0 Å². The van der Waals surface area contributed by atoms with Crippen molar-refractivity contribution in [2.45, 2.75) is 118 Å². The molecular weight excluding hydrogens is 556 g/mol. The van der Waals surface area contributed by atoms with Gasteiger partial charge in [-0.3, -0.25) is 4.79 Å². The van der Waals surface area contributed by atoms with E-state index in [1.54, 1.807) is 7.05 Å². The van der Waals surface area contributed by atoms with Gasteiger partial charge in [-0.05, 0) is 52.6 Å². The molecule has 246 valence electrons. The molecule has 0 aromatic heterocycles. The van der Waals surface area contributed by atoms with Crippen LogP contribution >= 0.6 is 0 Å². The van der Waals surface area contributed by atoms with Crippen LogP contribution in [0.3, 0.4) is 0 Å². The lowest BCUT2D eigenvalue weighted by Gasteiger charge is -2.49. The molecule has 0 spiro atoms. The van der Waals surface area contributed by atoms with Crippen LogP contribution < -0.4 is 33.2 Å². The summed E-state index contributed by atoms with van der Waals surface area (Å²) in [6.45, 7) is 2.52. The minimum atomic E-state index is -1.44. The molecule has 13 atom stereocenters. The van der Waals surface area contributed by atoms with Crippen LogP contribution in [0.25, 0.3) is 0 Å². The molecule has 1 saturated carbocycles. The van der Waals surface area contributed by atoms with E-state index >= 15 is 0 Å². The van der Waals surface area contributed by atoms with Crippen LogP contribution in [-0.2, 0) is 23.7 Å². The Balaban J connectivity index is 1.78. The van der Waals surface area contributed by atoms with E-state index in [9.17, 15) is 25.2 Å². The van der Waals surface area contributed by atoms with Crippen LogP contribution in [0.1, 0.15) is 39.0 Å². The number of rotatable bonds is 14. The summed E-state index contributed by atoms with van der Waals surface area (Å²) in [5.74, 6) is -0.683. The van der Waals surface area contributed by atoms with Crippen molar-refractivity contribution in [2.24, 2.45) is 17.2 Å². The first kappa shape index (κ1) is 35.4. The smallest absolute Gasteiger partial charge is 0.249 e. The van der Waals surface area contributed by atoms with Crippen LogP contribution in [0, 0.1) is 0 Å². The van der Waals surface area contributed by atoms with Crippen molar-refractivity contribution in [2.75, 3.05) is 39.9 Å². The molecule has 0 radical (unpaired) electrons. The van der Waals surface area contributed by atoms with Crippen LogP contribution in [0.4, 0.5) is 0 Å². The van der Waals surface area contributed by atoms with Gasteiger partial charge in [0, 0.05) is 19.1 Å². The van der Waals surface area contributed by atoms with E-state index < -0.39 is 78.8 Å². The largest absolute Gasteiger partial charge is 0.395 e. The molecule has 2 aliphatic heterocycles. The molecule has 3 rings (SSSR count). The lowest BCUT2D eigenvalue weighted by Crippen LogP contribution is -2.69. The number of aliphatic hydroxyl groups excluding tert-OH is 4. The second-order valence-electron chi connectivity index (χ2n) is 11.7. The number of amides is 1. The van der Waals surface area contributed by atoms with Gasteiger partial charge < -0.3 is 77.6 Å². The Morgan fingerprint density at radius 2 is 1.83 bits per heavy atom. The van der Waals surface area contributed by atoms with Gasteiger partial charge in [-0.25, -0.2) is 0 Å². The first-order chi connectivity index (χ1) is 19.9. The summed E-state index contributed by atoms with van der Waals surface area (Å²) in [6.07, 6.45) is -6.79. The number of hydrogen-bond acceptors (Lipinski definition) is 15. The Kier molecular flexibility index (Phi) is 13.7. The van der Waals surface area contributed by atoms with Crippen molar-refractivity contribution in [1.82, 2.24) is 16.0 Å². The minimum absolute atomic E-state index is 0.00949. The molecule has 14 N–H and O–H groups in total. The molecule has 3 aliphatic rings. The number of nitrogens with one attached hydrogen (secondary N) is 3. The van der Waals surface area contributed by atoms with Gasteiger partial charge in [0.2, 0.25) is 5.91 Å². The number of likely N-dealkylation sites (N-methyl/N-ethyl adjacent to an activating group) is 1. The number of nitrogens with two attached hydrogens (primary N) is 3. The van der Waals surface area contributed by atoms with Crippen molar-refractivity contribution in [3.8, 4) is 0 Å². The molecule has 13 unspecified atom stereocenters. The number of ether oxygens (including phenoxy) is 4. The van der Waals surface area contributed by atoms with Crippen molar-refractivity contribution in [3.05, 3.63) is 0 Å². The number of carbonyl (C=O) groups is 1. The predicted octanol–water partition coefficient (Wildman–Crippen LogP) is -5.10. The average molecular weight is 609 g/mol. The van der Waals surface area contributed by atoms with Gasteiger partial charge in [0.15, 0.2) is 12.6 Å². The van der Waals surface area contributed by atoms with E-state index in [1.807, 2.05) is 0 Å². The van der Waals surface area contributed by atoms with Crippen LogP contribution in [0.15, 0.2) is 0 Å². The highest BCUT2D eigenvalue weighted by molar-refractivity contribution is 5.80. The monoisotopic (exact) mass is 608 g/mol. The standard InChI is InChI=1S/C26H52N6O10/c1-26(38)12-39-25(19(36)22(26)30-2)42-21-16(32-23(37)17(34)4-3-7-27)10-15(29)20(18(21)35)41-24-14(28)6-5-13(40-24)11-31-8-9-33/h13-22,24-25,30-31,33-36,38H,3-12,27-29H2,1-2H3,(H,32,37). The predicted molar refractivity (Wildman–Crippen MR) is 150 cm³/mol. The fourth-order valence-electron chi connectivity index (χ4n) is 5.83. The minimum Gasteiger partial charge on any atom is -0.395 e. The second kappa shape index (κ2) is 16.3. The molecule has 16 nitrogen and oxygen atoms in total. The van der Waals surface area contributed by atoms with Crippen molar-refractivity contribution in [1.29, 1.82) is 0 Å². The average Bonchev–Trinajstić information content (AvgIpc) is 2.94. The van der Waals surface area contributed by atoms with Gasteiger partial charge in [-0.2, -0.15) is 0 Å². The molecule has 0 bridgehead atoms. The molecule has 2 saturated heterocycles. The zero-order valence-corrected chi connectivity index (χ0v) is 24.5. The lowest BCUT2D eigenvalue weighted by atomic mass is 9.83. The summed E-state index contributed by atoms with van der Waals surface area (Å²) in [4.78, 5) is 12.8. The highest BCUT2D eigenvalue weighted by Gasteiger charge is 2.52. The third-order valence-corrected chi connectivity index (χ3v) is 8.21. The van der Waals surface area contributed by atoms with Gasteiger partial charge >= 0.3 is 0 Å². The Labute approximate surface area is 246 Å². The molecule has 1 aliphatic carbocycles. The highest BCUT2D eigenvalue weighted by atomic mass is 16.7. The quantitative estimate of drug-likeness (QED) is 0.0823. The third-order valence-electron chi connectivity index (χ3n) is 8.21. The maximum atomic E-state index is 12.8. The first-order valence-electron chi connectivity index (χ1n) is 14.8. The molecule has 2 heterocycles. The van der Waals surface area contributed by atoms with Crippen molar-refractivity contribution in [3.63, 3.8) is 0 Å². The Morgan fingerprint density at radius 3 is 2.50 bits per heavy atom. The second-order valence-corrected chi connectivity index (χ2v) is 11.7. The van der Waals surface area contributed by atoms with Crippen LogP contribution in [-0.4, -0.2) is 150 Å². The van der Waals surface area contributed by atoms with E-state index in [0.717, 1.165) is 0 Å². The Hall–Kier alpha value is -1.09. The van der Waals surface area contributed by atoms with E-state index in [4.69, 9.17) is 41.3 Å². The van der Waals surface area contributed by atoms with E-state index in [2.05, 4.69) is 16.0 Å². The van der Waals surface area contributed by atoms with E-state index in [1.165, 1.54) is 6.92 Å². The molecule has 0 aromatic rings. The summed E-state index contributed by atoms with van der Waals surface area (Å²) in [5.41, 5.74) is 16.8. The van der Waals surface area contributed by atoms with Gasteiger partial charge in [0.25, 0.3) is 0 Å². The zero-order valence-electron chi connectivity index (χ0n) is 24.5. The molecule has 3 fully saturated rings. The summed E-state index contributed by atoms with van der Waals surface area (Å²) in [5, 5.41) is 61.2. The molecule has 42 heavy (non-hydrogen) atoms. The van der Waals surface area contributed by atoms with E-state index in [0.29, 0.717) is 38.9 Å². The maximum Gasteiger partial charge on any atom is 0.249 e. The van der Waals surface area contributed by atoms with Crippen LogP contribution in [0.2, 0.25) is 0 Å². The summed E-state index contributed by atoms with van der Waals surface area (Å²) in [7, 11) is 1.58. The van der Waals surface area contributed by atoms with Crippen molar-refractivity contribution >= 4 is 5.91 Å². The molecule has 0 aromatic carbocycles. The fourth-order valence-corrected chi connectivity index (χ4v) is 5.83. The zero-order chi connectivity index (χ0) is 31.0. The molecule has 1 amide bonds. The molecular formula is C26H52N6O10. The number of carbonyl (C=O) groups excluding carboxylic acids is 1. The van der Waals surface area contributed by atoms with Gasteiger partial charge in [0.1, 0.15) is 36.1 Å². The Bertz CT molecular complexity index is 830. The topological polar surface area (TPSA) is 269 Å². The van der Waals surface area contributed by atoms with Crippen LogP contribution in [0.5, 0.6) is 0 Å². The van der Waals surface area contributed by atoms with Gasteiger partial charge in [0.05, 0.1) is 37.4 Å². The number of aliphatic hydroxyl groups is 5. The SMILES string of the molecule is CNC1C(O)C(OC2C(NC(=O)C(O)CCCN)CC(N)C(OC3OC(CNCCO)CCC3N)C2O)OCC1(C)O. The lowest BCUT2D eigenvalue weighted by molar-refractivity contribution is -0.307. The summed E-state index contributed by atoms with van der Waals surface area (Å²) >= 11 is 0. The summed E-state index contributed by atoms with van der Waals surface area (Å²) in [6, 6.07) is -2.99. The highest BCUT2D eigenvalue weighted by Crippen LogP contribution is 2.32. The first-order valence-corrected chi connectivity index (χ1v) is 14.8. The maximum absolute atomic E-state index is 12.8. The Morgan fingerprint density at radius 1 is 1.12 bits per heavy atom. The third kappa shape index (κ3) is 8.98. The fraction of sp³-hybridized carbons (Fsp3) is 0.962. The normalized spacial score (nSPS) is 41.8. The van der Waals surface area contributed by atoms with Crippen molar-refractivity contribution < 1.29 is 49.3 Å². The number of hydrogen-bond donors (Lipinski definition) is 11. The van der Waals surface area contributed by atoms with E-state index in [-0.39, 0.29) is 32.2 Å². The molecule has 16 heteroatoms. The van der Waals surface area contributed by atoms with Gasteiger partial charge in [-0.1, -0.05) is 0 Å².